The van der Waals surface area contributed by atoms with Gasteiger partial charge >= 0.3 is 6.03 Å². The molecular weight excluding hydrogens is 320 g/mol. The molecule has 134 valence electrons. The molecule has 0 aliphatic carbocycles. The van der Waals surface area contributed by atoms with E-state index in [1.807, 2.05) is 42.5 Å². The van der Waals surface area contributed by atoms with Crippen LogP contribution in [-0.4, -0.2) is 39.3 Å². The number of hydrogen-bond acceptors (Lipinski definition) is 4. The number of benzene rings is 2. The molecule has 25 heavy (non-hydrogen) atoms. The van der Waals surface area contributed by atoms with E-state index < -0.39 is 0 Å². The fourth-order valence-corrected chi connectivity index (χ4v) is 2.50. The van der Waals surface area contributed by atoms with Crippen molar-refractivity contribution in [3.8, 4) is 17.2 Å². The molecule has 0 bridgehead atoms. The molecule has 0 atom stereocenters. The zero-order valence-corrected chi connectivity index (χ0v) is 15.0. The Morgan fingerprint density at radius 2 is 1.80 bits per heavy atom. The van der Waals surface area contributed by atoms with E-state index in [2.05, 4.69) is 5.32 Å². The van der Waals surface area contributed by atoms with Gasteiger partial charge in [0, 0.05) is 19.2 Å². The van der Waals surface area contributed by atoms with E-state index in [4.69, 9.17) is 14.2 Å². The van der Waals surface area contributed by atoms with Gasteiger partial charge in [0.25, 0.3) is 0 Å². The number of urea groups is 1. The molecule has 0 saturated carbocycles. The van der Waals surface area contributed by atoms with Gasteiger partial charge in [0.05, 0.1) is 27.9 Å². The maximum Gasteiger partial charge on any atom is 0.317 e. The fourth-order valence-electron chi connectivity index (χ4n) is 2.50. The average molecular weight is 344 g/mol. The minimum atomic E-state index is -0.173. The topological polar surface area (TPSA) is 60.0 Å². The smallest absolute Gasteiger partial charge is 0.317 e. The highest BCUT2D eigenvalue weighted by Crippen LogP contribution is 2.31. The van der Waals surface area contributed by atoms with Gasteiger partial charge in [-0.25, -0.2) is 4.79 Å². The Kier molecular flexibility index (Phi) is 6.51. The van der Waals surface area contributed by atoms with Crippen LogP contribution in [0.5, 0.6) is 17.2 Å². The molecule has 6 heteroatoms. The van der Waals surface area contributed by atoms with Gasteiger partial charge in [-0.3, -0.25) is 0 Å². The largest absolute Gasteiger partial charge is 0.497 e. The summed E-state index contributed by atoms with van der Waals surface area (Å²) in [5.41, 5.74) is 1.85. The lowest BCUT2D eigenvalue weighted by Gasteiger charge is -2.20. The quantitative estimate of drug-likeness (QED) is 0.839. The van der Waals surface area contributed by atoms with Crippen molar-refractivity contribution in [1.82, 2.24) is 10.2 Å². The van der Waals surface area contributed by atoms with Crippen molar-refractivity contribution in [2.24, 2.45) is 0 Å². The lowest BCUT2D eigenvalue weighted by molar-refractivity contribution is 0.205. The summed E-state index contributed by atoms with van der Waals surface area (Å²) < 4.78 is 15.9. The summed E-state index contributed by atoms with van der Waals surface area (Å²) in [5, 5.41) is 2.90. The van der Waals surface area contributed by atoms with Crippen molar-refractivity contribution in [2.45, 2.75) is 13.1 Å². The van der Waals surface area contributed by atoms with Crippen molar-refractivity contribution in [2.75, 3.05) is 28.4 Å². The van der Waals surface area contributed by atoms with Crippen LogP contribution in [0.15, 0.2) is 42.5 Å². The van der Waals surface area contributed by atoms with Crippen molar-refractivity contribution in [3.63, 3.8) is 0 Å². The van der Waals surface area contributed by atoms with Crippen molar-refractivity contribution < 1.29 is 19.0 Å². The highest BCUT2D eigenvalue weighted by atomic mass is 16.5. The van der Waals surface area contributed by atoms with Gasteiger partial charge in [-0.15, -0.1) is 0 Å². The fraction of sp³-hybridized carbons (Fsp3) is 0.316. The predicted octanol–water partition coefficient (Wildman–Crippen LogP) is 3.05. The maximum absolute atomic E-state index is 12.3. The van der Waals surface area contributed by atoms with Gasteiger partial charge in [0.1, 0.15) is 5.75 Å². The van der Waals surface area contributed by atoms with E-state index in [0.29, 0.717) is 24.6 Å². The van der Waals surface area contributed by atoms with E-state index in [0.717, 1.165) is 16.9 Å². The minimum Gasteiger partial charge on any atom is -0.497 e. The first kappa shape index (κ1) is 18.4. The lowest BCUT2D eigenvalue weighted by Crippen LogP contribution is -2.36. The molecule has 0 aliphatic heterocycles. The molecule has 0 spiro atoms. The molecule has 0 radical (unpaired) electrons. The molecule has 6 nitrogen and oxygen atoms in total. The summed E-state index contributed by atoms with van der Waals surface area (Å²) >= 11 is 0. The van der Waals surface area contributed by atoms with Crippen LogP contribution in [0.1, 0.15) is 11.1 Å². The summed E-state index contributed by atoms with van der Waals surface area (Å²) in [5.74, 6) is 2.05. The number of ether oxygens (including phenoxy) is 3. The number of hydrogen-bond donors (Lipinski definition) is 1. The molecule has 2 amide bonds. The number of nitrogens with zero attached hydrogens (tertiary/aromatic N) is 1. The van der Waals surface area contributed by atoms with Crippen LogP contribution < -0.4 is 19.5 Å². The number of methoxy groups -OCH3 is 3. The third-order valence-corrected chi connectivity index (χ3v) is 3.82. The van der Waals surface area contributed by atoms with Gasteiger partial charge in [-0.05, 0) is 23.8 Å². The number of para-hydroxylation sites is 1. The number of nitrogens with one attached hydrogen (secondary N) is 1. The second-order valence-corrected chi connectivity index (χ2v) is 5.52. The molecule has 2 aromatic rings. The van der Waals surface area contributed by atoms with Gasteiger partial charge in [0.15, 0.2) is 11.5 Å². The Labute approximate surface area is 148 Å². The van der Waals surface area contributed by atoms with Crippen molar-refractivity contribution >= 4 is 6.03 Å². The molecule has 1 N–H and O–H groups in total. The molecule has 2 aromatic carbocycles. The zero-order chi connectivity index (χ0) is 18.2. The number of amides is 2. The third-order valence-electron chi connectivity index (χ3n) is 3.82. The molecule has 0 fully saturated rings. The Bertz CT molecular complexity index is 718. The van der Waals surface area contributed by atoms with E-state index in [9.17, 15) is 4.79 Å². The highest BCUT2D eigenvalue weighted by molar-refractivity contribution is 5.74. The Balaban J connectivity index is 1.98. The monoisotopic (exact) mass is 344 g/mol. The van der Waals surface area contributed by atoms with Gasteiger partial charge in [-0.2, -0.15) is 0 Å². The lowest BCUT2D eigenvalue weighted by atomic mass is 10.1. The first-order valence-corrected chi connectivity index (χ1v) is 7.90. The van der Waals surface area contributed by atoms with Crippen LogP contribution in [0.25, 0.3) is 0 Å². The summed E-state index contributed by atoms with van der Waals surface area (Å²) in [7, 11) is 6.53. The van der Waals surface area contributed by atoms with Gasteiger partial charge in [0.2, 0.25) is 0 Å². The van der Waals surface area contributed by atoms with Crippen LogP contribution >= 0.6 is 0 Å². The molecule has 0 unspecified atom stereocenters. The third kappa shape index (κ3) is 4.79. The minimum absolute atomic E-state index is 0.173. The molecule has 0 saturated heterocycles. The SMILES string of the molecule is COc1cccc(CNC(=O)N(C)Cc2cccc(OC)c2OC)c1. The maximum atomic E-state index is 12.3. The van der Waals surface area contributed by atoms with E-state index in [1.54, 1.807) is 33.3 Å². The number of carbonyl (C=O) groups is 1. The zero-order valence-electron chi connectivity index (χ0n) is 15.0. The van der Waals surface area contributed by atoms with Crippen LogP contribution in [-0.2, 0) is 13.1 Å². The Morgan fingerprint density at radius 3 is 2.48 bits per heavy atom. The van der Waals surface area contributed by atoms with Gasteiger partial charge < -0.3 is 24.4 Å². The second-order valence-electron chi connectivity index (χ2n) is 5.52. The van der Waals surface area contributed by atoms with E-state index in [-0.39, 0.29) is 6.03 Å². The molecule has 2 rings (SSSR count). The number of carbonyl (C=O) groups excluding carboxylic acids is 1. The normalized spacial score (nSPS) is 10.1. The van der Waals surface area contributed by atoms with Crippen LogP contribution in [0.2, 0.25) is 0 Å². The van der Waals surface area contributed by atoms with Crippen LogP contribution in [0.4, 0.5) is 4.79 Å². The van der Waals surface area contributed by atoms with Crippen LogP contribution in [0, 0.1) is 0 Å². The highest BCUT2D eigenvalue weighted by Gasteiger charge is 2.14. The van der Waals surface area contributed by atoms with E-state index >= 15 is 0 Å². The summed E-state index contributed by atoms with van der Waals surface area (Å²) in [6, 6.07) is 13.0. The summed E-state index contributed by atoms with van der Waals surface area (Å²) in [6.07, 6.45) is 0. The first-order valence-electron chi connectivity index (χ1n) is 7.90. The van der Waals surface area contributed by atoms with E-state index in [1.165, 1.54) is 0 Å². The summed E-state index contributed by atoms with van der Waals surface area (Å²) in [6.45, 7) is 0.833. The average Bonchev–Trinajstić information content (AvgIpc) is 2.65. The summed E-state index contributed by atoms with van der Waals surface area (Å²) in [4.78, 5) is 13.9. The molecular formula is C19H24N2O4. The second kappa shape index (κ2) is 8.82. The molecule has 0 heterocycles. The Hall–Kier alpha value is -2.89. The molecule has 0 aliphatic rings. The first-order chi connectivity index (χ1) is 12.1. The Morgan fingerprint density at radius 1 is 1.04 bits per heavy atom. The van der Waals surface area contributed by atoms with Crippen LogP contribution in [0.3, 0.4) is 0 Å². The van der Waals surface area contributed by atoms with Gasteiger partial charge in [-0.1, -0.05) is 24.3 Å². The standard InChI is InChI=1S/C19H24N2O4/c1-21(13-15-8-6-10-17(24-3)18(15)25-4)19(22)20-12-14-7-5-9-16(11-14)23-2/h5-11H,12-13H2,1-4H3,(H,20,22). The predicted molar refractivity (Wildman–Crippen MR) is 96.2 cm³/mol. The number of rotatable bonds is 7. The molecule has 0 aromatic heterocycles. The van der Waals surface area contributed by atoms with Crippen molar-refractivity contribution in [1.29, 1.82) is 0 Å². The van der Waals surface area contributed by atoms with Crippen molar-refractivity contribution in [3.05, 3.63) is 53.6 Å².